The third-order valence-corrected chi connectivity index (χ3v) is 3.81. The van der Waals surface area contributed by atoms with Gasteiger partial charge in [0.05, 0.1) is 5.56 Å². The van der Waals surface area contributed by atoms with Crippen LogP contribution in [0.4, 0.5) is 5.69 Å². The molecule has 2 N–H and O–H groups in total. The summed E-state index contributed by atoms with van der Waals surface area (Å²) in [5.41, 5.74) is 0.603. The molecular weight excluding hydrogens is 292 g/mol. The van der Waals surface area contributed by atoms with Crippen LogP contribution in [0.15, 0.2) is 18.2 Å². The summed E-state index contributed by atoms with van der Waals surface area (Å²) in [6.45, 7) is 2.08. The zero-order valence-corrected chi connectivity index (χ0v) is 12.5. The highest BCUT2D eigenvalue weighted by molar-refractivity contribution is 6.31. The van der Waals surface area contributed by atoms with Gasteiger partial charge in [-0.1, -0.05) is 11.6 Å². The summed E-state index contributed by atoms with van der Waals surface area (Å²) in [5.74, 6) is -0.921. The Labute approximate surface area is 128 Å². The zero-order valence-electron chi connectivity index (χ0n) is 11.8. The van der Waals surface area contributed by atoms with Crippen LogP contribution in [0.2, 0.25) is 5.02 Å². The summed E-state index contributed by atoms with van der Waals surface area (Å²) < 4.78 is 0. The van der Waals surface area contributed by atoms with Gasteiger partial charge in [0.25, 0.3) is 0 Å². The number of carbonyl (C=O) groups excluding carboxylic acids is 1. The van der Waals surface area contributed by atoms with Crippen molar-refractivity contribution < 1.29 is 14.7 Å². The van der Waals surface area contributed by atoms with Crippen LogP contribution in [0, 0.1) is 0 Å². The topological polar surface area (TPSA) is 69.6 Å². The van der Waals surface area contributed by atoms with E-state index in [0.717, 1.165) is 25.9 Å². The lowest BCUT2D eigenvalue weighted by Crippen LogP contribution is -2.36. The number of hydrogen-bond acceptors (Lipinski definition) is 3. The fraction of sp³-hybridized carbons (Fsp3) is 0.467. The Morgan fingerprint density at radius 2 is 1.95 bits per heavy atom. The zero-order chi connectivity index (χ0) is 15.2. The molecule has 0 saturated carbocycles. The molecule has 0 radical (unpaired) electrons. The van der Waals surface area contributed by atoms with Crippen molar-refractivity contribution in [2.45, 2.75) is 25.7 Å². The number of amides is 1. The molecule has 0 atom stereocenters. The van der Waals surface area contributed by atoms with Gasteiger partial charge in [0, 0.05) is 36.8 Å². The number of aromatic carboxylic acids is 1. The fourth-order valence-corrected chi connectivity index (χ4v) is 2.63. The van der Waals surface area contributed by atoms with Gasteiger partial charge in [-0.15, -0.1) is 0 Å². The predicted molar refractivity (Wildman–Crippen MR) is 81.9 cm³/mol. The van der Waals surface area contributed by atoms with E-state index in [4.69, 9.17) is 16.7 Å². The average Bonchev–Trinajstić information content (AvgIpc) is 2.49. The van der Waals surface area contributed by atoms with E-state index in [9.17, 15) is 9.59 Å². The first-order valence-electron chi connectivity index (χ1n) is 7.12. The number of halogens is 1. The maximum Gasteiger partial charge on any atom is 0.337 e. The molecule has 1 aliphatic heterocycles. The van der Waals surface area contributed by atoms with Crippen LogP contribution in [0.1, 0.15) is 36.0 Å². The molecule has 1 fully saturated rings. The smallest absolute Gasteiger partial charge is 0.337 e. The van der Waals surface area contributed by atoms with Gasteiger partial charge in [-0.2, -0.15) is 0 Å². The van der Waals surface area contributed by atoms with Crippen LogP contribution in [-0.4, -0.2) is 41.5 Å². The first kappa shape index (κ1) is 15.6. The van der Waals surface area contributed by atoms with Crippen molar-refractivity contribution in [1.29, 1.82) is 0 Å². The summed E-state index contributed by atoms with van der Waals surface area (Å²) in [6.07, 6.45) is 3.69. The van der Waals surface area contributed by atoms with E-state index in [0.29, 0.717) is 23.7 Å². The molecular formula is C15H19ClN2O3. The van der Waals surface area contributed by atoms with Gasteiger partial charge >= 0.3 is 5.97 Å². The highest BCUT2D eigenvalue weighted by Crippen LogP contribution is 2.20. The number of nitrogens with one attached hydrogen (secondary N) is 1. The van der Waals surface area contributed by atoms with Crippen molar-refractivity contribution in [2.75, 3.05) is 25.0 Å². The van der Waals surface area contributed by atoms with E-state index in [1.165, 1.54) is 12.5 Å². The third-order valence-electron chi connectivity index (χ3n) is 3.58. The number of benzene rings is 1. The highest BCUT2D eigenvalue weighted by Gasteiger charge is 2.16. The lowest BCUT2D eigenvalue weighted by molar-refractivity contribution is -0.131. The summed E-state index contributed by atoms with van der Waals surface area (Å²) >= 11 is 5.80. The van der Waals surface area contributed by atoms with Gasteiger partial charge in [0.1, 0.15) is 0 Å². The molecule has 0 unspecified atom stereocenters. The van der Waals surface area contributed by atoms with Gasteiger partial charge in [-0.3, -0.25) is 4.79 Å². The molecule has 1 aliphatic rings. The Morgan fingerprint density at radius 1 is 1.24 bits per heavy atom. The molecule has 1 saturated heterocycles. The van der Waals surface area contributed by atoms with E-state index in [1.54, 1.807) is 12.1 Å². The lowest BCUT2D eigenvalue weighted by Gasteiger charge is -2.26. The molecule has 0 aromatic heterocycles. The van der Waals surface area contributed by atoms with Gasteiger partial charge in [0.2, 0.25) is 5.91 Å². The maximum absolute atomic E-state index is 12.0. The van der Waals surface area contributed by atoms with Crippen LogP contribution >= 0.6 is 11.6 Å². The second-order valence-corrected chi connectivity index (χ2v) is 5.55. The van der Waals surface area contributed by atoms with E-state index >= 15 is 0 Å². The number of carbonyl (C=O) groups is 2. The number of hydrogen-bond donors (Lipinski definition) is 2. The maximum atomic E-state index is 12.0. The third kappa shape index (κ3) is 4.36. The Balaban J connectivity index is 1.88. The number of likely N-dealkylation sites (tertiary alicyclic amines) is 1. The van der Waals surface area contributed by atoms with Gasteiger partial charge in [-0.05, 0) is 37.5 Å². The minimum atomic E-state index is -1.04. The number of carboxylic acid groups (broad SMARTS) is 1. The Hall–Kier alpha value is -1.75. The Kier molecular flexibility index (Phi) is 5.44. The number of anilines is 1. The van der Waals surface area contributed by atoms with Crippen molar-refractivity contribution in [3.05, 3.63) is 28.8 Å². The summed E-state index contributed by atoms with van der Waals surface area (Å²) in [5, 5.41) is 12.5. The van der Waals surface area contributed by atoms with Crippen LogP contribution < -0.4 is 5.32 Å². The number of piperidine rings is 1. The second-order valence-electron chi connectivity index (χ2n) is 5.11. The number of rotatable bonds is 5. The first-order valence-corrected chi connectivity index (χ1v) is 7.50. The monoisotopic (exact) mass is 310 g/mol. The first-order chi connectivity index (χ1) is 10.1. The minimum Gasteiger partial charge on any atom is -0.478 e. The lowest BCUT2D eigenvalue weighted by atomic mass is 10.1. The fourth-order valence-electron chi connectivity index (χ4n) is 2.45. The van der Waals surface area contributed by atoms with Gasteiger partial charge < -0.3 is 15.3 Å². The second kappa shape index (κ2) is 7.31. The predicted octanol–water partition coefficient (Wildman–Crippen LogP) is 2.85. The van der Waals surface area contributed by atoms with Crippen molar-refractivity contribution in [1.82, 2.24) is 4.90 Å². The average molecular weight is 311 g/mol. The molecule has 2 rings (SSSR count). The molecule has 6 heteroatoms. The Morgan fingerprint density at radius 3 is 2.62 bits per heavy atom. The van der Waals surface area contributed by atoms with Crippen molar-refractivity contribution in [3.63, 3.8) is 0 Å². The molecule has 114 valence electrons. The SMILES string of the molecule is O=C(O)c1cc(Cl)ccc1NCCC(=O)N1CCCCC1. The number of nitrogens with zero attached hydrogens (tertiary/aromatic N) is 1. The molecule has 1 aromatic rings. The molecule has 1 amide bonds. The molecule has 5 nitrogen and oxygen atoms in total. The van der Waals surface area contributed by atoms with Crippen LogP contribution in [0.25, 0.3) is 0 Å². The van der Waals surface area contributed by atoms with E-state index in [-0.39, 0.29) is 11.5 Å². The van der Waals surface area contributed by atoms with Crippen LogP contribution in [-0.2, 0) is 4.79 Å². The quantitative estimate of drug-likeness (QED) is 0.877. The van der Waals surface area contributed by atoms with Crippen molar-refractivity contribution >= 4 is 29.2 Å². The van der Waals surface area contributed by atoms with Crippen LogP contribution in [0.3, 0.4) is 0 Å². The van der Waals surface area contributed by atoms with Crippen molar-refractivity contribution in [2.24, 2.45) is 0 Å². The van der Waals surface area contributed by atoms with E-state index in [1.807, 2.05) is 4.90 Å². The van der Waals surface area contributed by atoms with Crippen LogP contribution in [0.5, 0.6) is 0 Å². The molecule has 21 heavy (non-hydrogen) atoms. The summed E-state index contributed by atoms with van der Waals surface area (Å²) in [7, 11) is 0. The van der Waals surface area contributed by atoms with Crippen molar-refractivity contribution in [3.8, 4) is 0 Å². The standard InChI is InChI=1S/C15H19ClN2O3/c16-11-4-5-13(12(10-11)15(20)21)17-7-6-14(19)18-8-2-1-3-9-18/h4-5,10,17H,1-3,6-9H2,(H,20,21). The highest BCUT2D eigenvalue weighted by atomic mass is 35.5. The molecule has 1 aromatic carbocycles. The molecule has 0 aliphatic carbocycles. The number of carboxylic acids is 1. The van der Waals surface area contributed by atoms with Gasteiger partial charge in [-0.25, -0.2) is 4.79 Å². The van der Waals surface area contributed by atoms with Gasteiger partial charge in [0.15, 0.2) is 0 Å². The summed E-state index contributed by atoms with van der Waals surface area (Å²) in [6, 6.07) is 4.65. The molecule has 0 bridgehead atoms. The van der Waals surface area contributed by atoms with E-state index < -0.39 is 5.97 Å². The largest absolute Gasteiger partial charge is 0.478 e. The van der Waals surface area contributed by atoms with E-state index in [2.05, 4.69) is 5.32 Å². The minimum absolute atomic E-state index is 0.118. The normalized spacial score (nSPS) is 14.8. The molecule has 1 heterocycles. The summed E-state index contributed by atoms with van der Waals surface area (Å²) in [4.78, 5) is 25.0. The molecule has 0 spiro atoms. The Bertz CT molecular complexity index is 528.